The predicted molar refractivity (Wildman–Crippen MR) is 144 cm³/mol. The highest BCUT2D eigenvalue weighted by molar-refractivity contribution is 7.88. The van der Waals surface area contributed by atoms with Gasteiger partial charge in [-0.25, -0.2) is 22.2 Å². The zero-order valence-corrected chi connectivity index (χ0v) is 21.6. The first kappa shape index (κ1) is 24.2. The fourth-order valence-electron chi connectivity index (χ4n) is 4.33. The monoisotopic (exact) mass is 505 g/mol. The van der Waals surface area contributed by atoms with Crippen molar-refractivity contribution in [3.8, 4) is 11.3 Å². The minimum atomic E-state index is -3.25. The Bertz CT molecular complexity index is 1460. The minimum absolute atomic E-state index is 0.307. The largest absolute Gasteiger partial charge is 0.369 e. The molecule has 0 radical (unpaired) electrons. The third-order valence-electron chi connectivity index (χ3n) is 6.58. The molecule has 1 N–H and O–H groups in total. The fourth-order valence-corrected chi connectivity index (χ4v) is 4.71. The van der Waals surface area contributed by atoms with Gasteiger partial charge in [-0.2, -0.15) is 0 Å². The summed E-state index contributed by atoms with van der Waals surface area (Å²) in [5, 5.41) is 8.04. The van der Waals surface area contributed by atoms with Crippen molar-refractivity contribution in [1.82, 2.24) is 23.8 Å². The van der Waals surface area contributed by atoms with Crippen molar-refractivity contribution in [2.45, 2.75) is 6.54 Å². The van der Waals surface area contributed by atoms with Gasteiger partial charge in [0.2, 0.25) is 16.0 Å². The van der Waals surface area contributed by atoms with Gasteiger partial charge in [-0.15, -0.1) is 5.10 Å². The molecule has 0 aliphatic carbocycles. The van der Waals surface area contributed by atoms with Crippen LogP contribution in [-0.4, -0.2) is 78.8 Å². The van der Waals surface area contributed by atoms with Gasteiger partial charge in [0.15, 0.2) is 0 Å². The Morgan fingerprint density at radius 1 is 1.00 bits per heavy atom. The van der Waals surface area contributed by atoms with Crippen LogP contribution in [0.15, 0.2) is 66.9 Å². The van der Waals surface area contributed by atoms with Gasteiger partial charge in [-0.3, -0.25) is 0 Å². The molecule has 3 heterocycles. The first-order valence-electron chi connectivity index (χ1n) is 11.9. The second-order valence-electron chi connectivity index (χ2n) is 9.32. The molecule has 0 unspecified atom stereocenters. The first-order valence-corrected chi connectivity index (χ1v) is 13.8. The molecule has 0 spiro atoms. The van der Waals surface area contributed by atoms with Gasteiger partial charge >= 0.3 is 0 Å². The van der Waals surface area contributed by atoms with Crippen LogP contribution >= 0.6 is 0 Å². The van der Waals surface area contributed by atoms with Crippen LogP contribution in [0.5, 0.6) is 0 Å². The molecule has 5 rings (SSSR count). The van der Waals surface area contributed by atoms with Crippen molar-refractivity contribution >= 4 is 32.9 Å². The Hall–Kier alpha value is -3.47. The van der Waals surface area contributed by atoms with Crippen LogP contribution in [0.4, 0.5) is 17.3 Å². The molecule has 0 bridgehead atoms. The molecular weight excluding hydrogens is 474 g/mol. The molecule has 2 aromatic carbocycles. The van der Waals surface area contributed by atoms with Gasteiger partial charge in [0.1, 0.15) is 0 Å². The van der Waals surface area contributed by atoms with Crippen LogP contribution < -0.4 is 10.2 Å². The van der Waals surface area contributed by atoms with Crippen LogP contribution in [0.25, 0.3) is 16.8 Å². The lowest BCUT2D eigenvalue weighted by molar-refractivity contribution is 0.313. The number of hydrogen-bond donors (Lipinski definition) is 1. The standard InChI is InChI=1S/C26H31N7O2S/c1-30-13-15-32(16-14-30)23-9-7-22(8-10-23)28-26-27-18-24-11-12-25(33(24)29-26)21-6-4-5-20(17-21)19-31(2)36(3,34)35/h4-12,17-18H,13-16,19H2,1-3H3,(H,28,29). The molecule has 36 heavy (non-hydrogen) atoms. The topological polar surface area (TPSA) is 86.1 Å². The van der Waals surface area contributed by atoms with E-state index in [1.54, 1.807) is 13.2 Å². The summed E-state index contributed by atoms with van der Waals surface area (Å²) in [6.07, 6.45) is 3.00. The average molecular weight is 506 g/mol. The van der Waals surface area contributed by atoms with Crippen LogP contribution in [0, 0.1) is 0 Å². The molecule has 1 aliphatic rings. The van der Waals surface area contributed by atoms with Crippen molar-refractivity contribution in [1.29, 1.82) is 0 Å². The number of piperazine rings is 1. The number of hydrogen-bond acceptors (Lipinski definition) is 7. The van der Waals surface area contributed by atoms with Gasteiger partial charge in [-0.05, 0) is 55.1 Å². The Balaban J connectivity index is 1.35. The lowest BCUT2D eigenvalue weighted by atomic mass is 10.1. The number of anilines is 3. The zero-order valence-electron chi connectivity index (χ0n) is 20.8. The van der Waals surface area contributed by atoms with E-state index >= 15 is 0 Å². The SMILES string of the molecule is CN1CCN(c2ccc(Nc3ncc4ccc(-c5cccc(CN(C)S(C)(=O)=O)c5)n4n3)cc2)CC1. The van der Waals surface area contributed by atoms with E-state index in [1.165, 1.54) is 16.2 Å². The van der Waals surface area contributed by atoms with E-state index in [-0.39, 0.29) is 0 Å². The number of fused-ring (bicyclic) bond motifs is 1. The van der Waals surface area contributed by atoms with Crippen LogP contribution in [0.1, 0.15) is 5.56 Å². The summed E-state index contributed by atoms with van der Waals surface area (Å²) in [6, 6.07) is 20.2. The molecule has 2 aromatic heterocycles. The van der Waals surface area contributed by atoms with Gasteiger partial charge in [0, 0.05) is 56.7 Å². The summed E-state index contributed by atoms with van der Waals surface area (Å²) in [5.41, 5.74) is 5.79. The lowest BCUT2D eigenvalue weighted by Crippen LogP contribution is -2.44. The number of sulfonamides is 1. The Morgan fingerprint density at radius 2 is 1.75 bits per heavy atom. The Kier molecular flexibility index (Phi) is 6.65. The predicted octanol–water partition coefficient (Wildman–Crippen LogP) is 3.28. The highest BCUT2D eigenvalue weighted by Gasteiger charge is 2.15. The number of benzene rings is 2. The van der Waals surface area contributed by atoms with E-state index in [0.717, 1.165) is 54.2 Å². The Labute approximate surface area is 212 Å². The molecule has 1 aliphatic heterocycles. The maximum Gasteiger partial charge on any atom is 0.245 e. The lowest BCUT2D eigenvalue weighted by Gasteiger charge is -2.34. The van der Waals surface area contributed by atoms with Crippen LogP contribution in [0.3, 0.4) is 0 Å². The van der Waals surface area contributed by atoms with Crippen LogP contribution in [-0.2, 0) is 16.6 Å². The van der Waals surface area contributed by atoms with Crippen molar-refractivity contribution in [3.05, 3.63) is 72.4 Å². The minimum Gasteiger partial charge on any atom is -0.369 e. The quantitative estimate of drug-likeness (QED) is 0.413. The first-order chi connectivity index (χ1) is 17.3. The van der Waals surface area contributed by atoms with Crippen molar-refractivity contribution < 1.29 is 8.42 Å². The van der Waals surface area contributed by atoms with E-state index in [2.05, 4.69) is 51.4 Å². The molecule has 0 atom stereocenters. The summed E-state index contributed by atoms with van der Waals surface area (Å²) < 4.78 is 26.8. The summed E-state index contributed by atoms with van der Waals surface area (Å²) in [4.78, 5) is 9.23. The smallest absolute Gasteiger partial charge is 0.245 e. The van der Waals surface area contributed by atoms with Crippen molar-refractivity contribution in [2.75, 3.05) is 56.7 Å². The van der Waals surface area contributed by atoms with Gasteiger partial charge in [0.05, 0.1) is 23.7 Å². The van der Waals surface area contributed by atoms with Crippen molar-refractivity contribution in [3.63, 3.8) is 0 Å². The highest BCUT2D eigenvalue weighted by Crippen LogP contribution is 2.25. The maximum absolute atomic E-state index is 11.8. The molecule has 4 aromatic rings. The molecule has 1 saturated heterocycles. The molecule has 188 valence electrons. The zero-order chi connectivity index (χ0) is 25.3. The third kappa shape index (κ3) is 5.35. The summed E-state index contributed by atoms with van der Waals surface area (Å²) in [5.74, 6) is 0.500. The maximum atomic E-state index is 11.8. The van der Waals surface area contributed by atoms with E-state index in [4.69, 9.17) is 5.10 Å². The van der Waals surface area contributed by atoms with E-state index in [9.17, 15) is 8.42 Å². The Morgan fingerprint density at radius 3 is 2.47 bits per heavy atom. The summed E-state index contributed by atoms with van der Waals surface area (Å²) in [7, 11) is 0.485. The average Bonchev–Trinajstić information content (AvgIpc) is 3.28. The number of nitrogens with one attached hydrogen (secondary N) is 1. The second kappa shape index (κ2) is 9.88. The normalized spacial score (nSPS) is 15.1. The van der Waals surface area contributed by atoms with Gasteiger partial charge in [-0.1, -0.05) is 18.2 Å². The van der Waals surface area contributed by atoms with E-state index < -0.39 is 10.0 Å². The molecule has 9 nitrogen and oxygen atoms in total. The van der Waals surface area contributed by atoms with Crippen molar-refractivity contribution in [2.24, 2.45) is 0 Å². The molecule has 10 heteroatoms. The molecule has 1 fully saturated rings. The molecular formula is C26H31N7O2S. The highest BCUT2D eigenvalue weighted by atomic mass is 32.2. The van der Waals surface area contributed by atoms with E-state index in [0.29, 0.717) is 12.5 Å². The second-order valence-corrected chi connectivity index (χ2v) is 11.4. The van der Waals surface area contributed by atoms with E-state index in [1.807, 2.05) is 40.9 Å². The van der Waals surface area contributed by atoms with Gasteiger partial charge in [0.25, 0.3) is 0 Å². The van der Waals surface area contributed by atoms with Crippen LogP contribution in [0.2, 0.25) is 0 Å². The third-order valence-corrected chi connectivity index (χ3v) is 7.85. The summed E-state index contributed by atoms with van der Waals surface area (Å²) in [6.45, 7) is 4.52. The number of likely N-dealkylation sites (N-methyl/N-ethyl adjacent to an activating group) is 1. The number of rotatable bonds is 7. The van der Waals surface area contributed by atoms with Gasteiger partial charge < -0.3 is 15.1 Å². The number of nitrogens with zero attached hydrogens (tertiary/aromatic N) is 6. The number of aromatic nitrogens is 3. The molecule has 0 amide bonds. The molecule has 0 saturated carbocycles. The summed E-state index contributed by atoms with van der Waals surface area (Å²) >= 11 is 0. The fraction of sp³-hybridized carbons (Fsp3) is 0.308.